The van der Waals surface area contributed by atoms with E-state index in [2.05, 4.69) is 5.32 Å². The van der Waals surface area contributed by atoms with Gasteiger partial charge in [0.2, 0.25) is 0 Å². The lowest BCUT2D eigenvalue weighted by atomic mass is 10.2. The summed E-state index contributed by atoms with van der Waals surface area (Å²) in [7, 11) is 0. The lowest BCUT2D eigenvalue weighted by Crippen LogP contribution is -3.11. The van der Waals surface area contributed by atoms with Crippen LogP contribution >= 0.6 is 0 Å². The van der Waals surface area contributed by atoms with Crippen molar-refractivity contribution in [2.75, 3.05) is 26.2 Å². The number of ether oxygens (including phenoxy) is 2. The topological polar surface area (TPSA) is 65.1 Å². The van der Waals surface area contributed by atoms with Crippen LogP contribution in [0.5, 0.6) is 11.5 Å². The predicted octanol–water partition coefficient (Wildman–Crippen LogP) is 2.77. The molecule has 1 fully saturated rings. The van der Waals surface area contributed by atoms with Gasteiger partial charge in [-0.1, -0.05) is 30.3 Å². The molecule has 6 nitrogen and oxygen atoms in total. The van der Waals surface area contributed by atoms with Crippen molar-refractivity contribution in [3.05, 3.63) is 84.3 Å². The first-order valence-corrected chi connectivity index (χ1v) is 10.8. The zero-order valence-corrected chi connectivity index (χ0v) is 17.6. The van der Waals surface area contributed by atoms with Gasteiger partial charge in [-0.2, -0.15) is 0 Å². The Balaban J connectivity index is 1.22. The first-order chi connectivity index (χ1) is 15.3. The van der Waals surface area contributed by atoms with Gasteiger partial charge >= 0.3 is 0 Å². The summed E-state index contributed by atoms with van der Waals surface area (Å²) >= 11 is 0. The maximum Gasteiger partial charge on any atom is 0.258 e. The molecule has 1 atom stereocenters. The Morgan fingerprint density at radius 1 is 0.935 bits per heavy atom. The summed E-state index contributed by atoms with van der Waals surface area (Å²) < 4.78 is 17.0. The van der Waals surface area contributed by atoms with Crippen molar-refractivity contribution in [3.8, 4) is 11.5 Å². The van der Waals surface area contributed by atoms with Crippen LogP contribution in [0.3, 0.4) is 0 Å². The van der Waals surface area contributed by atoms with E-state index in [0.717, 1.165) is 30.2 Å². The average Bonchev–Trinajstić information content (AvgIpc) is 3.53. The number of quaternary nitrogens is 1. The van der Waals surface area contributed by atoms with Crippen molar-refractivity contribution in [1.29, 1.82) is 0 Å². The molecule has 2 heterocycles. The zero-order chi connectivity index (χ0) is 21.3. The minimum atomic E-state index is -0.139. The standard InChI is InChI=1S/C25H28N2O4/c28-25(26-17-23(24-9-6-16-29-24)27-14-4-5-15-27)19-31-22-12-10-21(11-13-22)30-18-20-7-2-1-3-8-20/h1-3,6-13,16,23H,4-5,14-15,17-19H2,(H,26,28)/p+1/t23-/m1/s1. The molecule has 1 amide bonds. The van der Waals surface area contributed by atoms with E-state index in [1.165, 1.54) is 17.7 Å². The van der Waals surface area contributed by atoms with Crippen LogP contribution in [0.1, 0.15) is 30.2 Å². The molecule has 1 aliphatic heterocycles. The van der Waals surface area contributed by atoms with Crippen LogP contribution in [0, 0.1) is 0 Å². The van der Waals surface area contributed by atoms with Crippen molar-refractivity contribution in [2.24, 2.45) is 0 Å². The predicted molar refractivity (Wildman–Crippen MR) is 117 cm³/mol. The minimum Gasteiger partial charge on any atom is -0.489 e. The number of hydrogen-bond acceptors (Lipinski definition) is 4. The fourth-order valence-corrected chi connectivity index (χ4v) is 3.90. The number of benzene rings is 2. The molecule has 1 aliphatic rings. The van der Waals surface area contributed by atoms with E-state index in [-0.39, 0.29) is 18.6 Å². The summed E-state index contributed by atoms with van der Waals surface area (Å²) in [6, 6.07) is 21.4. The quantitative estimate of drug-likeness (QED) is 0.528. The molecule has 0 saturated carbocycles. The van der Waals surface area contributed by atoms with Gasteiger partial charge in [-0.15, -0.1) is 0 Å². The highest BCUT2D eigenvalue weighted by Gasteiger charge is 2.29. The molecular formula is C25H29N2O4+. The third-order valence-corrected chi connectivity index (χ3v) is 5.57. The first-order valence-electron chi connectivity index (χ1n) is 10.8. The highest BCUT2D eigenvalue weighted by atomic mass is 16.5. The molecule has 4 rings (SSSR count). The van der Waals surface area contributed by atoms with Gasteiger partial charge in [-0.05, 0) is 42.0 Å². The molecule has 3 aromatic rings. The van der Waals surface area contributed by atoms with Gasteiger partial charge in [0.05, 0.1) is 25.9 Å². The molecule has 2 N–H and O–H groups in total. The molecule has 0 radical (unpaired) electrons. The van der Waals surface area contributed by atoms with Gasteiger partial charge in [0, 0.05) is 12.8 Å². The lowest BCUT2D eigenvalue weighted by molar-refractivity contribution is -0.919. The number of hydrogen-bond donors (Lipinski definition) is 2. The molecule has 6 heteroatoms. The average molecular weight is 422 g/mol. The van der Waals surface area contributed by atoms with E-state index >= 15 is 0 Å². The molecule has 0 spiro atoms. The number of carbonyl (C=O) groups is 1. The number of likely N-dealkylation sites (tertiary alicyclic amines) is 1. The summed E-state index contributed by atoms with van der Waals surface area (Å²) in [6.07, 6.45) is 4.12. The third-order valence-electron chi connectivity index (χ3n) is 5.57. The van der Waals surface area contributed by atoms with Crippen LogP contribution < -0.4 is 19.7 Å². The highest BCUT2D eigenvalue weighted by molar-refractivity contribution is 5.77. The Kier molecular flexibility index (Phi) is 7.24. The maximum absolute atomic E-state index is 12.3. The van der Waals surface area contributed by atoms with E-state index in [4.69, 9.17) is 13.9 Å². The van der Waals surface area contributed by atoms with Crippen LogP contribution in [-0.2, 0) is 11.4 Å². The fourth-order valence-electron chi connectivity index (χ4n) is 3.90. The van der Waals surface area contributed by atoms with Gasteiger partial charge < -0.3 is 24.1 Å². The molecular weight excluding hydrogens is 392 g/mol. The monoisotopic (exact) mass is 421 g/mol. The molecule has 162 valence electrons. The van der Waals surface area contributed by atoms with Gasteiger partial charge in [0.15, 0.2) is 18.4 Å². The van der Waals surface area contributed by atoms with Crippen molar-refractivity contribution in [2.45, 2.75) is 25.5 Å². The number of carbonyl (C=O) groups excluding carboxylic acids is 1. The molecule has 0 unspecified atom stereocenters. The van der Waals surface area contributed by atoms with E-state index in [1.54, 1.807) is 6.26 Å². The van der Waals surface area contributed by atoms with Crippen LogP contribution in [0.2, 0.25) is 0 Å². The second-order valence-electron chi connectivity index (χ2n) is 7.77. The molecule has 1 saturated heterocycles. The summed E-state index contributed by atoms with van der Waals surface area (Å²) in [4.78, 5) is 13.8. The molecule has 31 heavy (non-hydrogen) atoms. The Morgan fingerprint density at radius 3 is 2.32 bits per heavy atom. The molecule has 0 aliphatic carbocycles. The van der Waals surface area contributed by atoms with Crippen molar-refractivity contribution in [1.82, 2.24) is 5.32 Å². The first kappa shape index (κ1) is 21.0. The summed E-state index contributed by atoms with van der Waals surface area (Å²) in [5.74, 6) is 2.18. The third kappa shape index (κ3) is 6.12. The summed E-state index contributed by atoms with van der Waals surface area (Å²) in [6.45, 7) is 3.24. The second-order valence-corrected chi connectivity index (χ2v) is 7.77. The lowest BCUT2D eigenvalue weighted by Gasteiger charge is -2.23. The van der Waals surface area contributed by atoms with Crippen molar-refractivity contribution < 1.29 is 23.6 Å². The SMILES string of the molecule is O=C(COc1ccc(OCc2ccccc2)cc1)NC[C@H](c1ccco1)[NH+]1CCCC1. The smallest absolute Gasteiger partial charge is 0.258 e. The summed E-state index contributed by atoms with van der Waals surface area (Å²) in [5.41, 5.74) is 1.11. The molecule has 1 aromatic heterocycles. The van der Waals surface area contributed by atoms with Crippen LogP contribution in [0.25, 0.3) is 0 Å². The Bertz CT molecular complexity index is 920. The zero-order valence-electron chi connectivity index (χ0n) is 17.6. The Hall–Kier alpha value is -3.25. The van der Waals surface area contributed by atoms with E-state index in [9.17, 15) is 4.79 Å². The number of rotatable bonds is 10. The van der Waals surface area contributed by atoms with Gasteiger partial charge in [-0.25, -0.2) is 0 Å². The van der Waals surface area contributed by atoms with Gasteiger partial charge in [-0.3, -0.25) is 4.79 Å². The van der Waals surface area contributed by atoms with Crippen molar-refractivity contribution >= 4 is 5.91 Å². The number of nitrogens with one attached hydrogen (secondary N) is 2. The van der Waals surface area contributed by atoms with Crippen LogP contribution in [-0.4, -0.2) is 32.1 Å². The maximum atomic E-state index is 12.3. The highest BCUT2D eigenvalue weighted by Crippen LogP contribution is 2.18. The van der Waals surface area contributed by atoms with Gasteiger partial charge in [0.1, 0.15) is 18.1 Å². The summed E-state index contributed by atoms with van der Waals surface area (Å²) in [5, 5.41) is 3.00. The van der Waals surface area contributed by atoms with E-state index < -0.39 is 0 Å². The van der Waals surface area contributed by atoms with Crippen LogP contribution in [0.15, 0.2) is 77.4 Å². The second kappa shape index (κ2) is 10.7. The normalized spacial score (nSPS) is 14.8. The van der Waals surface area contributed by atoms with Gasteiger partial charge in [0.25, 0.3) is 5.91 Å². The number of amides is 1. The fraction of sp³-hybridized carbons (Fsp3) is 0.320. The Labute approximate surface area is 182 Å². The van der Waals surface area contributed by atoms with E-state index in [0.29, 0.717) is 18.9 Å². The van der Waals surface area contributed by atoms with Crippen LogP contribution in [0.4, 0.5) is 0 Å². The largest absolute Gasteiger partial charge is 0.489 e. The van der Waals surface area contributed by atoms with E-state index in [1.807, 2.05) is 66.7 Å². The minimum absolute atomic E-state index is 0.0234. The molecule has 2 aromatic carbocycles. The Morgan fingerprint density at radius 2 is 1.65 bits per heavy atom. The molecule has 0 bridgehead atoms. The van der Waals surface area contributed by atoms with Crippen molar-refractivity contribution in [3.63, 3.8) is 0 Å². The number of furan rings is 1.